The fraction of sp³-hybridized carbons (Fsp3) is 0.171. The second-order valence-corrected chi connectivity index (χ2v) is 10.5. The number of hydrogen-bond donors (Lipinski definition) is 1. The molecule has 0 bridgehead atoms. The van der Waals surface area contributed by atoms with Gasteiger partial charge in [-0.05, 0) is 97.6 Å². The molecule has 1 aliphatic heterocycles. The Kier molecular flexibility index (Phi) is 7.32. The van der Waals surface area contributed by atoms with Crippen LogP contribution in [0.15, 0.2) is 97.1 Å². The maximum absolute atomic E-state index is 13.5. The first-order chi connectivity index (χ1) is 20.4. The van der Waals surface area contributed by atoms with E-state index in [0.29, 0.717) is 30.0 Å². The van der Waals surface area contributed by atoms with Crippen LogP contribution in [0.2, 0.25) is 0 Å². The second-order valence-electron chi connectivity index (χ2n) is 10.5. The van der Waals surface area contributed by atoms with Crippen molar-refractivity contribution in [2.45, 2.75) is 26.7 Å². The second kappa shape index (κ2) is 11.4. The molecule has 0 unspecified atom stereocenters. The lowest BCUT2D eigenvalue weighted by Crippen LogP contribution is -2.30. The van der Waals surface area contributed by atoms with Crippen molar-refractivity contribution in [3.05, 3.63) is 125 Å². The zero-order valence-electron chi connectivity index (χ0n) is 23.9. The molecule has 0 fully saturated rings. The molecular weight excluding hydrogens is 524 g/mol. The number of hydrogen-bond acceptors (Lipinski definition) is 4. The molecule has 5 aromatic rings. The average Bonchev–Trinajstić information content (AvgIpc) is 3.59. The summed E-state index contributed by atoms with van der Waals surface area (Å²) in [5, 5.41) is 3.05. The van der Waals surface area contributed by atoms with Gasteiger partial charge in [0.05, 0.1) is 24.8 Å². The van der Waals surface area contributed by atoms with Crippen LogP contribution in [0.3, 0.4) is 0 Å². The Morgan fingerprint density at radius 2 is 1.67 bits per heavy atom. The van der Waals surface area contributed by atoms with E-state index in [1.165, 1.54) is 0 Å². The van der Waals surface area contributed by atoms with Gasteiger partial charge in [-0.15, -0.1) is 0 Å². The Balaban J connectivity index is 1.19. The lowest BCUT2D eigenvalue weighted by molar-refractivity contribution is -0.117. The summed E-state index contributed by atoms with van der Waals surface area (Å²) < 4.78 is 7.48. The van der Waals surface area contributed by atoms with Crippen LogP contribution in [-0.2, 0) is 17.6 Å². The first kappa shape index (κ1) is 27.0. The third-order valence-electron chi connectivity index (χ3n) is 7.71. The molecule has 0 saturated carbocycles. The minimum absolute atomic E-state index is 0.0000177. The van der Waals surface area contributed by atoms with Crippen molar-refractivity contribution in [1.82, 2.24) is 9.55 Å². The summed E-state index contributed by atoms with van der Waals surface area (Å²) in [4.78, 5) is 33.5. The highest BCUT2D eigenvalue weighted by molar-refractivity contribution is 6.09. The maximum Gasteiger partial charge on any atom is 0.256 e. The molecule has 1 aliphatic rings. The SMILES string of the molecule is COc1ccc(-c2ccccc2)c(C(=O)Nc2ccc3c(c2)CCN3C(=O)Cc2cccc(-n3c(C)ccc3C)n2)c1. The lowest BCUT2D eigenvalue weighted by atomic mass is 9.98. The Morgan fingerprint density at radius 1 is 0.881 bits per heavy atom. The number of rotatable bonds is 7. The van der Waals surface area contributed by atoms with Crippen LogP contribution in [-0.4, -0.2) is 35.0 Å². The number of ether oxygens (including phenoxy) is 1. The number of nitrogens with one attached hydrogen (secondary N) is 1. The van der Waals surface area contributed by atoms with Crippen LogP contribution in [0.4, 0.5) is 11.4 Å². The fourth-order valence-corrected chi connectivity index (χ4v) is 5.61. The predicted octanol–water partition coefficient (Wildman–Crippen LogP) is 6.55. The van der Waals surface area contributed by atoms with Gasteiger partial charge in [0.25, 0.3) is 5.91 Å². The van der Waals surface area contributed by atoms with E-state index in [-0.39, 0.29) is 18.2 Å². The van der Waals surface area contributed by atoms with Gasteiger partial charge in [0.2, 0.25) is 5.91 Å². The van der Waals surface area contributed by atoms with E-state index in [9.17, 15) is 9.59 Å². The lowest BCUT2D eigenvalue weighted by Gasteiger charge is -2.18. The van der Waals surface area contributed by atoms with Gasteiger partial charge < -0.3 is 19.5 Å². The molecule has 7 heteroatoms. The fourth-order valence-electron chi connectivity index (χ4n) is 5.61. The van der Waals surface area contributed by atoms with E-state index in [4.69, 9.17) is 9.72 Å². The van der Waals surface area contributed by atoms with E-state index in [1.54, 1.807) is 13.2 Å². The van der Waals surface area contributed by atoms with Crippen LogP contribution in [0.1, 0.15) is 33.0 Å². The van der Waals surface area contributed by atoms with Gasteiger partial charge in [-0.25, -0.2) is 4.98 Å². The average molecular weight is 557 g/mol. The molecule has 0 radical (unpaired) electrons. The van der Waals surface area contributed by atoms with Crippen LogP contribution < -0.4 is 15.0 Å². The van der Waals surface area contributed by atoms with E-state index in [0.717, 1.165) is 45.3 Å². The van der Waals surface area contributed by atoms with Crippen molar-refractivity contribution in [3.8, 4) is 22.7 Å². The number of methoxy groups -OCH3 is 1. The first-order valence-electron chi connectivity index (χ1n) is 14.0. The molecular formula is C35H32N4O3. The number of aromatic nitrogens is 2. The molecule has 0 saturated heterocycles. The summed E-state index contributed by atoms with van der Waals surface area (Å²) in [5.41, 5.74) is 7.81. The van der Waals surface area contributed by atoms with E-state index in [1.807, 2.05) is 97.6 Å². The van der Waals surface area contributed by atoms with Crippen molar-refractivity contribution in [2.24, 2.45) is 0 Å². The van der Waals surface area contributed by atoms with Gasteiger partial charge in [-0.1, -0.05) is 36.4 Å². The van der Waals surface area contributed by atoms with Crippen LogP contribution in [0, 0.1) is 13.8 Å². The molecule has 0 spiro atoms. The quantitative estimate of drug-likeness (QED) is 0.247. The summed E-state index contributed by atoms with van der Waals surface area (Å²) >= 11 is 0. The normalized spacial score (nSPS) is 12.2. The summed E-state index contributed by atoms with van der Waals surface area (Å²) in [7, 11) is 1.59. The number of nitrogens with zero attached hydrogens (tertiary/aromatic N) is 3. The first-order valence-corrected chi connectivity index (χ1v) is 14.0. The highest BCUT2D eigenvalue weighted by atomic mass is 16.5. The molecule has 42 heavy (non-hydrogen) atoms. The standard InChI is InChI=1S/C35H32N4O3/c1-23-12-13-24(2)39(23)33-11-7-10-27(36-33)21-34(40)38-19-18-26-20-28(14-17-32(26)38)37-35(41)31-22-29(42-3)15-16-30(31)25-8-5-4-6-9-25/h4-17,20,22H,18-19,21H2,1-3H3,(H,37,41). The summed E-state index contributed by atoms with van der Waals surface area (Å²) in [6.07, 6.45) is 0.928. The van der Waals surface area contributed by atoms with Gasteiger partial charge in [0.1, 0.15) is 11.6 Å². The zero-order valence-corrected chi connectivity index (χ0v) is 23.9. The summed E-state index contributed by atoms with van der Waals surface area (Å²) in [6, 6.07) is 31.0. The molecule has 0 aliphatic carbocycles. The van der Waals surface area contributed by atoms with Gasteiger partial charge >= 0.3 is 0 Å². The van der Waals surface area contributed by atoms with Gasteiger partial charge in [0.15, 0.2) is 0 Å². The van der Waals surface area contributed by atoms with Crippen molar-refractivity contribution in [2.75, 3.05) is 23.9 Å². The smallest absolute Gasteiger partial charge is 0.256 e. The largest absolute Gasteiger partial charge is 0.497 e. The molecule has 3 aromatic carbocycles. The molecule has 210 valence electrons. The number of anilines is 2. The Morgan fingerprint density at radius 3 is 2.43 bits per heavy atom. The van der Waals surface area contributed by atoms with Crippen LogP contribution >= 0.6 is 0 Å². The molecule has 6 rings (SSSR count). The number of benzene rings is 3. The summed E-state index contributed by atoms with van der Waals surface area (Å²) in [6.45, 7) is 4.68. The summed E-state index contributed by atoms with van der Waals surface area (Å²) in [5.74, 6) is 1.20. The third-order valence-corrected chi connectivity index (χ3v) is 7.71. The van der Waals surface area contributed by atoms with Crippen molar-refractivity contribution in [3.63, 3.8) is 0 Å². The van der Waals surface area contributed by atoms with E-state index >= 15 is 0 Å². The Labute approximate surface area is 245 Å². The highest BCUT2D eigenvalue weighted by Gasteiger charge is 2.26. The molecule has 2 amide bonds. The molecule has 3 heterocycles. The number of carbonyl (C=O) groups is 2. The number of amides is 2. The van der Waals surface area contributed by atoms with Crippen molar-refractivity contribution < 1.29 is 14.3 Å². The Bertz CT molecular complexity index is 1770. The molecule has 0 atom stereocenters. The van der Waals surface area contributed by atoms with Crippen molar-refractivity contribution in [1.29, 1.82) is 0 Å². The van der Waals surface area contributed by atoms with Gasteiger partial charge in [-0.2, -0.15) is 0 Å². The monoisotopic (exact) mass is 556 g/mol. The third kappa shape index (κ3) is 5.29. The molecule has 7 nitrogen and oxygen atoms in total. The molecule has 1 N–H and O–H groups in total. The Hall–Kier alpha value is -5.17. The van der Waals surface area contributed by atoms with Gasteiger partial charge in [-0.3, -0.25) is 9.59 Å². The molecule has 2 aromatic heterocycles. The number of pyridine rings is 1. The predicted molar refractivity (Wildman–Crippen MR) is 166 cm³/mol. The van der Waals surface area contributed by atoms with E-state index in [2.05, 4.69) is 22.0 Å². The van der Waals surface area contributed by atoms with Gasteiger partial charge in [0, 0.05) is 29.3 Å². The van der Waals surface area contributed by atoms with E-state index < -0.39 is 0 Å². The van der Waals surface area contributed by atoms with Crippen LogP contribution in [0.5, 0.6) is 5.75 Å². The maximum atomic E-state index is 13.5. The highest BCUT2D eigenvalue weighted by Crippen LogP contribution is 2.32. The zero-order chi connectivity index (χ0) is 29.2. The topological polar surface area (TPSA) is 76.5 Å². The number of carbonyl (C=O) groups excluding carboxylic acids is 2. The van der Waals surface area contributed by atoms with Crippen LogP contribution in [0.25, 0.3) is 16.9 Å². The minimum Gasteiger partial charge on any atom is -0.497 e. The number of aryl methyl sites for hydroxylation is 2. The number of fused-ring (bicyclic) bond motifs is 1. The minimum atomic E-state index is -0.224. The van der Waals surface area contributed by atoms with Crippen molar-refractivity contribution >= 4 is 23.2 Å².